The van der Waals surface area contributed by atoms with Crippen LogP contribution < -0.4 is 0 Å². The zero-order valence-corrected chi connectivity index (χ0v) is 15.6. The maximum absolute atomic E-state index is 6.50. The molecule has 0 aromatic carbocycles. The fraction of sp³-hybridized carbons (Fsp3) is 0.952. The van der Waals surface area contributed by atoms with Crippen molar-refractivity contribution in [2.75, 3.05) is 0 Å². The van der Waals surface area contributed by atoms with Gasteiger partial charge in [-0.3, -0.25) is 0 Å². The Morgan fingerprint density at radius 3 is 2.14 bits per heavy atom. The molecule has 0 aromatic rings. The standard InChI is InChI=1S/C20H36.CHN/c1-14-7-6-11-20(5)12-10-17-15(2)8-9-16(13-18(14)20)19(17,3)4;1-2/h14-18H,6-13H2,1-5H3;1H/t14-,15-,16+,17+,18-,20+;/m1./s1. The topological polar surface area (TPSA) is 23.8 Å². The predicted octanol–water partition coefficient (Wildman–Crippen LogP) is 6.44. The second kappa shape index (κ2) is 6.54. The Kier molecular flexibility index (Phi) is 5.31. The molecule has 3 rings (SSSR count). The molecule has 1 heteroatoms. The van der Waals surface area contributed by atoms with Crippen molar-refractivity contribution < 1.29 is 0 Å². The van der Waals surface area contributed by atoms with Crippen molar-refractivity contribution in [2.24, 2.45) is 40.4 Å². The second-order valence-corrected chi connectivity index (χ2v) is 9.58. The van der Waals surface area contributed by atoms with E-state index in [2.05, 4.69) is 41.2 Å². The van der Waals surface area contributed by atoms with Gasteiger partial charge in [0.05, 0.1) is 0 Å². The zero-order chi connectivity index (χ0) is 16.5. The zero-order valence-electron chi connectivity index (χ0n) is 15.6. The van der Waals surface area contributed by atoms with Crippen LogP contribution in [-0.2, 0) is 0 Å². The number of hydrogen-bond acceptors (Lipinski definition) is 1. The summed E-state index contributed by atoms with van der Waals surface area (Å²) in [5.41, 5.74) is 1.26. The van der Waals surface area contributed by atoms with Crippen LogP contribution in [0.5, 0.6) is 0 Å². The Morgan fingerprint density at radius 2 is 1.45 bits per heavy atom. The fourth-order valence-electron chi connectivity index (χ4n) is 6.67. The smallest absolute Gasteiger partial charge is 0.0462 e. The van der Waals surface area contributed by atoms with E-state index in [-0.39, 0.29) is 0 Å². The van der Waals surface area contributed by atoms with E-state index < -0.39 is 0 Å². The van der Waals surface area contributed by atoms with Gasteiger partial charge in [-0.2, -0.15) is 0 Å². The van der Waals surface area contributed by atoms with Gasteiger partial charge in [0.15, 0.2) is 0 Å². The number of nitriles is 1. The lowest BCUT2D eigenvalue weighted by Gasteiger charge is -2.57. The first kappa shape index (κ1) is 17.8. The van der Waals surface area contributed by atoms with E-state index in [0.717, 1.165) is 29.6 Å². The molecule has 0 saturated heterocycles. The van der Waals surface area contributed by atoms with E-state index in [1.54, 1.807) is 0 Å². The van der Waals surface area contributed by atoms with Gasteiger partial charge in [0.1, 0.15) is 0 Å². The van der Waals surface area contributed by atoms with Crippen LogP contribution in [0.4, 0.5) is 0 Å². The second-order valence-electron chi connectivity index (χ2n) is 9.58. The predicted molar refractivity (Wildman–Crippen MR) is 94.3 cm³/mol. The van der Waals surface area contributed by atoms with Gasteiger partial charge in [-0.1, -0.05) is 53.9 Å². The van der Waals surface area contributed by atoms with E-state index in [4.69, 9.17) is 5.26 Å². The van der Waals surface area contributed by atoms with Crippen LogP contribution in [0.15, 0.2) is 0 Å². The molecule has 126 valence electrons. The van der Waals surface area contributed by atoms with Crippen LogP contribution in [0.2, 0.25) is 0 Å². The normalized spacial score (nSPS) is 47.1. The van der Waals surface area contributed by atoms with Crippen molar-refractivity contribution in [3.8, 4) is 6.57 Å². The highest BCUT2D eigenvalue weighted by molar-refractivity contribution is 5.00. The molecule has 3 aliphatic rings. The van der Waals surface area contributed by atoms with Crippen LogP contribution in [0.1, 0.15) is 86.0 Å². The van der Waals surface area contributed by atoms with E-state index in [0.29, 0.717) is 10.8 Å². The number of fused-ring (bicyclic) bond motifs is 3. The maximum atomic E-state index is 6.50. The summed E-state index contributed by atoms with van der Waals surface area (Å²) in [5, 5.41) is 6.50. The molecule has 0 aliphatic heterocycles. The molecule has 0 amide bonds. The van der Waals surface area contributed by atoms with Gasteiger partial charge >= 0.3 is 0 Å². The minimum absolute atomic E-state index is 0.593. The SMILES string of the molecule is C#N.C[C@@H]1CCC[C@@]2(C)CC[C@H]3[C@H](C)CC[C@@H](C[C@H]12)C3(C)C. The summed E-state index contributed by atoms with van der Waals surface area (Å²) in [7, 11) is 0. The van der Waals surface area contributed by atoms with Crippen LogP contribution in [0.3, 0.4) is 0 Å². The highest BCUT2D eigenvalue weighted by atomic mass is 14.6. The Morgan fingerprint density at radius 1 is 0.818 bits per heavy atom. The summed E-state index contributed by atoms with van der Waals surface area (Å²) in [6.45, 7) is 16.4. The number of rotatable bonds is 0. The lowest BCUT2D eigenvalue weighted by molar-refractivity contribution is -0.0692. The van der Waals surface area contributed by atoms with Crippen molar-refractivity contribution in [1.29, 1.82) is 5.26 Å². The van der Waals surface area contributed by atoms with Gasteiger partial charge in [-0.15, -0.1) is 0 Å². The molecule has 0 spiro atoms. The first-order valence-corrected chi connectivity index (χ1v) is 9.60. The quantitative estimate of drug-likeness (QED) is 0.505. The van der Waals surface area contributed by atoms with Gasteiger partial charge in [-0.25, -0.2) is 5.26 Å². The molecule has 6 atom stereocenters. The minimum atomic E-state index is 0.593. The van der Waals surface area contributed by atoms with Crippen LogP contribution >= 0.6 is 0 Å². The number of hydrogen-bond donors (Lipinski definition) is 0. The minimum Gasteiger partial charge on any atom is -0.202 e. The molecule has 1 nitrogen and oxygen atoms in total. The van der Waals surface area contributed by atoms with Gasteiger partial charge in [0.25, 0.3) is 0 Å². The molecular formula is C21H37N. The first-order valence-electron chi connectivity index (χ1n) is 9.60. The fourth-order valence-corrected chi connectivity index (χ4v) is 6.67. The van der Waals surface area contributed by atoms with E-state index in [1.165, 1.54) is 51.4 Å². The van der Waals surface area contributed by atoms with Gasteiger partial charge in [0, 0.05) is 6.57 Å². The summed E-state index contributed by atoms with van der Waals surface area (Å²) in [6, 6.07) is 0. The summed E-state index contributed by atoms with van der Waals surface area (Å²) in [4.78, 5) is 0. The molecule has 3 aliphatic carbocycles. The monoisotopic (exact) mass is 303 g/mol. The highest BCUT2D eigenvalue weighted by Gasteiger charge is 2.50. The Labute approximate surface area is 138 Å². The van der Waals surface area contributed by atoms with E-state index in [1.807, 2.05) is 0 Å². The molecular weight excluding hydrogens is 266 g/mol. The lowest BCUT2D eigenvalue weighted by atomic mass is 9.48. The third-order valence-electron chi connectivity index (χ3n) is 8.22. The Bertz CT molecular complexity index is 396. The average Bonchev–Trinajstić information content (AvgIpc) is 2.46. The third-order valence-corrected chi connectivity index (χ3v) is 8.22. The first-order chi connectivity index (χ1) is 10.3. The summed E-state index contributed by atoms with van der Waals surface area (Å²) in [5.74, 6) is 4.92. The van der Waals surface area contributed by atoms with Crippen LogP contribution in [0, 0.1) is 52.3 Å². The van der Waals surface area contributed by atoms with Crippen molar-refractivity contribution in [1.82, 2.24) is 0 Å². The molecule has 0 aromatic heterocycles. The summed E-state index contributed by atoms with van der Waals surface area (Å²) < 4.78 is 0. The third kappa shape index (κ3) is 2.95. The van der Waals surface area contributed by atoms with Gasteiger partial charge in [-0.05, 0) is 72.5 Å². The number of nitrogens with zero attached hydrogens (tertiary/aromatic N) is 1. The van der Waals surface area contributed by atoms with Gasteiger partial charge < -0.3 is 0 Å². The van der Waals surface area contributed by atoms with E-state index >= 15 is 0 Å². The molecule has 2 bridgehead atoms. The van der Waals surface area contributed by atoms with Crippen molar-refractivity contribution in [3.63, 3.8) is 0 Å². The molecule has 0 N–H and O–H groups in total. The van der Waals surface area contributed by atoms with Crippen molar-refractivity contribution in [2.45, 2.75) is 86.0 Å². The largest absolute Gasteiger partial charge is 0.202 e. The maximum Gasteiger partial charge on any atom is 0.0462 e. The molecule has 3 fully saturated rings. The van der Waals surface area contributed by atoms with Gasteiger partial charge in [0.2, 0.25) is 0 Å². The Hall–Kier alpha value is -0.510. The average molecular weight is 304 g/mol. The van der Waals surface area contributed by atoms with Crippen molar-refractivity contribution in [3.05, 3.63) is 0 Å². The van der Waals surface area contributed by atoms with Crippen LogP contribution in [-0.4, -0.2) is 0 Å². The van der Waals surface area contributed by atoms with Crippen LogP contribution in [0.25, 0.3) is 0 Å². The van der Waals surface area contributed by atoms with E-state index in [9.17, 15) is 0 Å². The van der Waals surface area contributed by atoms with Crippen molar-refractivity contribution >= 4 is 0 Å². The molecule has 0 heterocycles. The Balaban J connectivity index is 0.000000847. The molecule has 0 radical (unpaired) electrons. The lowest BCUT2D eigenvalue weighted by Crippen LogP contribution is -2.48. The molecule has 0 unspecified atom stereocenters. The molecule has 3 saturated carbocycles. The highest BCUT2D eigenvalue weighted by Crippen LogP contribution is 2.60. The summed E-state index contributed by atoms with van der Waals surface area (Å²) in [6.07, 6.45) is 12.0. The molecule has 22 heavy (non-hydrogen) atoms. The summed E-state index contributed by atoms with van der Waals surface area (Å²) >= 11 is 0.